The van der Waals surface area contributed by atoms with Gasteiger partial charge in [-0.1, -0.05) is 47.5 Å². The second kappa shape index (κ2) is 6.03. The Morgan fingerprint density at radius 3 is 2.70 bits per heavy atom. The van der Waals surface area contributed by atoms with Gasteiger partial charge in [0.15, 0.2) is 0 Å². The number of halogens is 1. The Bertz CT molecular complexity index is 758. The Balaban J connectivity index is 1.88. The van der Waals surface area contributed by atoms with Crippen LogP contribution in [0.25, 0.3) is 5.57 Å². The van der Waals surface area contributed by atoms with Crippen LogP contribution in [0.5, 0.6) is 0 Å². The summed E-state index contributed by atoms with van der Waals surface area (Å²) in [6.45, 7) is 2.28. The van der Waals surface area contributed by atoms with E-state index < -0.39 is 0 Å². The first-order valence-electron chi connectivity index (χ1n) is 8.26. The summed E-state index contributed by atoms with van der Waals surface area (Å²) in [6, 6.07) is 8.64. The van der Waals surface area contributed by atoms with Crippen LogP contribution in [0.4, 0.5) is 5.69 Å². The predicted octanol–water partition coefficient (Wildman–Crippen LogP) is 4.93. The van der Waals surface area contributed by atoms with E-state index >= 15 is 0 Å². The molecule has 0 radical (unpaired) electrons. The second-order valence-corrected chi connectivity index (χ2v) is 6.91. The number of hydrogen-bond donors (Lipinski definition) is 1. The summed E-state index contributed by atoms with van der Waals surface area (Å²) in [5.74, 6) is 0. The molecule has 0 saturated carbocycles. The largest absolute Gasteiger partial charge is 0.358 e. The normalized spacial score (nSPS) is 21.4. The molecule has 23 heavy (non-hydrogen) atoms. The van der Waals surface area contributed by atoms with E-state index in [1.807, 2.05) is 6.08 Å². The average molecular weight is 325 g/mol. The van der Waals surface area contributed by atoms with Gasteiger partial charge in [-0.3, -0.25) is 0 Å². The van der Waals surface area contributed by atoms with Gasteiger partial charge in [0.2, 0.25) is 0 Å². The highest BCUT2D eigenvalue weighted by molar-refractivity contribution is 6.31. The number of benzene rings is 1. The van der Waals surface area contributed by atoms with Crippen molar-refractivity contribution in [3.8, 4) is 0 Å². The maximum atomic E-state index is 6.25. The fourth-order valence-electron chi connectivity index (χ4n) is 3.63. The highest BCUT2D eigenvalue weighted by atomic mass is 35.5. The molecule has 1 N–H and O–H groups in total. The van der Waals surface area contributed by atoms with Crippen LogP contribution >= 0.6 is 11.6 Å². The van der Waals surface area contributed by atoms with Crippen LogP contribution in [-0.2, 0) is 0 Å². The molecule has 1 aromatic carbocycles. The Hall–Kier alpha value is -1.77. The molecule has 0 unspecified atom stereocenters. The van der Waals surface area contributed by atoms with Gasteiger partial charge in [0.05, 0.1) is 0 Å². The molecule has 4 rings (SSSR count). The number of para-hydroxylation sites is 1. The van der Waals surface area contributed by atoms with Crippen molar-refractivity contribution in [2.45, 2.75) is 19.3 Å². The minimum absolute atomic E-state index is 0.818. The van der Waals surface area contributed by atoms with Gasteiger partial charge < -0.3 is 10.2 Å². The van der Waals surface area contributed by atoms with Gasteiger partial charge in [0, 0.05) is 47.1 Å². The number of likely N-dealkylation sites (tertiary alicyclic amines) is 1. The standard InChI is InChI=1S/C20H21ClN2/c1-23-12-10-14(11-13-23)20-16-4-2-3-5-18(16)22-19-9-7-15(21)6-8-17(19)20/h2-8,22H,9-13H2,1H3. The zero-order valence-corrected chi connectivity index (χ0v) is 14.2. The van der Waals surface area contributed by atoms with Crippen molar-refractivity contribution in [3.63, 3.8) is 0 Å². The maximum absolute atomic E-state index is 6.25. The summed E-state index contributed by atoms with van der Waals surface area (Å²) in [5.41, 5.74) is 8.12. The number of nitrogens with one attached hydrogen (secondary N) is 1. The Morgan fingerprint density at radius 1 is 1.09 bits per heavy atom. The van der Waals surface area contributed by atoms with Crippen LogP contribution in [0.3, 0.4) is 0 Å². The average Bonchev–Trinajstić information content (AvgIpc) is 2.76. The first-order chi connectivity index (χ1) is 11.2. The monoisotopic (exact) mass is 324 g/mol. The summed E-state index contributed by atoms with van der Waals surface area (Å²) in [4.78, 5) is 2.41. The van der Waals surface area contributed by atoms with Crippen molar-refractivity contribution in [3.05, 3.63) is 69.9 Å². The first kappa shape index (κ1) is 14.8. The Morgan fingerprint density at radius 2 is 1.87 bits per heavy atom. The fourth-order valence-corrected chi connectivity index (χ4v) is 3.77. The minimum Gasteiger partial charge on any atom is -0.358 e. The topological polar surface area (TPSA) is 15.3 Å². The lowest BCUT2D eigenvalue weighted by Gasteiger charge is -2.31. The quantitative estimate of drug-likeness (QED) is 0.728. The van der Waals surface area contributed by atoms with Crippen LogP contribution in [0.1, 0.15) is 24.8 Å². The number of piperidine rings is 1. The third kappa shape index (κ3) is 2.77. The third-order valence-electron chi connectivity index (χ3n) is 4.93. The SMILES string of the molecule is CN1CCC(=C2C3=C(CC=C(Cl)C=C3)Nc3ccccc32)CC1. The molecule has 0 atom stereocenters. The Kier molecular flexibility index (Phi) is 3.88. The predicted molar refractivity (Wildman–Crippen MR) is 98.4 cm³/mol. The van der Waals surface area contributed by atoms with Crippen molar-refractivity contribution in [2.75, 3.05) is 25.5 Å². The maximum Gasteiger partial charge on any atom is 0.0461 e. The number of anilines is 1. The molecule has 2 heterocycles. The van der Waals surface area contributed by atoms with Crippen LogP contribution in [0, 0.1) is 0 Å². The molecule has 3 aliphatic rings. The lowest BCUT2D eigenvalue weighted by molar-refractivity contribution is 0.313. The first-order valence-corrected chi connectivity index (χ1v) is 8.64. The molecule has 1 fully saturated rings. The van der Waals surface area contributed by atoms with E-state index in [2.05, 4.69) is 53.7 Å². The molecular weight excluding hydrogens is 304 g/mol. The number of rotatable bonds is 0. The minimum atomic E-state index is 0.818. The van der Waals surface area contributed by atoms with Gasteiger partial charge in [0.25, 0.3) is 0 Å². The zero-order valence-electron chi connectivity index (χ0n) is 13.4. The van der Waals surface area contributed by atoms with Crippen molar-refractivity contribution in [2.24, 2.45) is 0 Å². The molecule has 0 aromatic heterocycles. The number of nitrogens with zero attached hydrogens (tertiary/aromatic N) is 1. The summed E-state index contributed by atoms with van der Waals surface area (Å²) in [6.07, 6.45) is 9.43. The number of allylic oxidation sites excluding steroid dienone is 6. The summed E-state index contributed by atoms with van der Waals surface area (Å²) < 4.78 is 0. The van der Waals surface area contributed by atoms with E-state index in [-0.39, 0.29) is 0 Å². The summed E-state index contributed by atoms with van der Waals surface area (Å²) in [5, 5.41) is 4.44. The van der Waals surface area contributed by atoms with E-state index in [9.17, 15) is 0 Å². The van der Waals surface area contributed by atoms with Crippen molar-refractivity contribution >= 4 is 22.9 Å². The molecule has 0 bridgehead atoms. The lowest BCUT2D eigenvalue weighted by atomic mass is 9.84. The van der Waals surface area contributed by atoms with E-state index in [0.29, 0.717) is 0 Å². The smallest absolute Gasteiger partial charge is 0.0461 e. The highest BCUT2D eigenvalue weighted by Crippen LogP contribution is 2.43. The van der Waals surface area contributed by atoms with Crippen LogP contribution < -0.4 is 5.32 Å². The molecule has 1 saturated heterocycles. The molecule has 1 aliphatic carbocycles. The molecule has 0 amide bonds. The molecular formula is C20H21ClN2. The number of hydrogen-bond acceptors (Lipinski definition) is 2. The van der Waals surface area contributed by atoms with Crippen molar-refractivity contribution in [1.29, 1.82) is 0 Å². The second-order valence-electron chi connectivity index (χ2n) is 6.47. The van der Waals surface area contributed by atoms with Crippen molar-refractivity contribution < 1.29 is 0 Å². The summed E-state index contributed by atoms with van der Waals surface area (Å²) >= 11 is 6.25. The van der Waals surface area contributed by atoms with Gasteiger partial charge in [-0.2, -0.15) is 0 Å². The molecule has 3 heteroatoms. The third-order valence-corrected chi connectivity index (χ3v) is 5.21. The molecule has 1 aromatic rings. The zero-order chi connectivity index (χ0) is 15.8. The van der Waals surface area contributed by atoms with Gasteiger partial charge in [0.1, 0.15) is 0 Å². The van der Waals surface area contributed by atoms with E-state index in [4.69, 9.17) is 11.6 Å². The van der Waals surface area contributed by atoms with Crippen LogP contribution in [0.2, 0.25) is 0 Å². The van der Waals surface area contributed by atoms with Gasteiger partial charge in [-0.25, -0.2) is 0 Å². The molecule has 118 valence electrons. The fraction of sp³-hybridized carbons (Fsp3) is 0.300. The molecule has 2 nitrogen and oxygen atoms in total. The van der Waals surface area contributed by atoms with Crippen molar-refractivity contribution in [1.82, 2.24) is 4.90 Å². The van der Waals surface area contributed by atoms with E-state index in [1.165, 1.54) is 28.1 Å². The van der Waals surface area contributed by atoms with Crippen LogP contribution in [-0.4, -0.2) is 25.0 Å². The number of fused-ring (bicyclic) bond motifs is 1. The van der Waals surface area contributed by atoms with Gasteiger partial charge in [-0.15, -0.1) is 0 Å². The highest BCUT2D eigenvalue weighted by Gasteiger charge is 2.25. The van der Waals surface area contributed by atoms with E-state index in [1.54, 1.807) is 5.57 Å². The summed E-state index contributed by atoms with van der Waals surface area (Å²) in [7, 11) is 2.21. The Labute approximate surface area is 142 Å². The lowest BCUT2D eigenvalue weighted by Crippen LogP contribution is -2.27. The molecule has 2 aliphatic heterocycles. The molecule has 0 spiro atoms. The van der Waals surface area contributed by atoms with Gasteiger partial charge >= 0.3 is 0 Å². The van der Waals surface area contributed by atoms with E-state index in [0.717, 1.165) is 37.4 Å². The van der Waals surface area contributed by atoms with Crippen LogP contribution in [0.15, 0.2) is 64.4 Å². The van der Waals surface area contributed by atoms with Gasteiger partial charge in [-0.05, 0) is 37.6 Å².